The molecule has 1 saturated heterocycles. The molecule has 5 heteroatoms. The smallest absolute Gasteiger partial charge is 0.274 e. The van der Waals surface area contributed by atoms with Crippen molar-refractivity contribution in [2.75, 3.05) is 27.4 Å². The zero-order valence-electron chi connectivity index (χ0n) is 8.28. The molecule has 0 aromatic rings. The van der Waals surface area contributed by atoms with Crippen LogP contribution in [0, 0.1) is 6.57 Å². The molecule has 0 amide bonds. The monoisotopic (exact) mass is 199 g/mol. The van der Waals surface area contributed by atoms with Gasteiger partial charge in [-0.3, -0.25) is 4.79 Å². The number of nitrogens with zero attached hydrogens (tertiary/aromatic N) is 1. The van der Waals surface area contributed by atoms with E-state index >= 15 is 0 Å². The molecule has 0 aliphatic carbocycles. The Kier molecular flexibility index (Phi) is 3.58. The summed E-state index contributed by atoms with van der Waals surface area (Å²) >= 11 is 0. The molecule has 1 fully saturated rings. The number of rotatable bonds is 4. The fourth-order valence-electron chi connectivity index (χ4n) is 1.38. The van der Waals surface area contributed by atoms with Gasteiger partial charge in [0.1, 0.15) is 12.7 Å². The molecule has 1 rings (SSSR count). The molecule has 14 heavy (non-hydrogen) atoms. The van der Waals surface area contributed by atoms with Crippen molar-refractivity contribution in [1.29, 1.82) is 0 Å². The maximum absolute atomic E-state index is 11.3. The van der Waals surface area contributed by atoms with E-state index in [0.29, 0.717) is 6.42 Å². The predicted molar refractivity (Wildman–Crippen MR) is 47.6 cm³/mol. The van der Waals surface area contributed by atoms with E-state index in [9.17, 15) is 4.79 Å². The number of hydrogen-bond acceptors (Lipinski definition) is 4. The van der Waals surface area contributed by atoms with Gasteiger partial charge in [0.2, 0.25) is 5.78 Å². The standard InChI is InChI=1S/C9H13NO4/c1-10-5-7(11)8-4-9(12-2,13-3)6-14-8/h8H,4-6H2,2-3H3. The molecular weight excluding hydrogens is 186 g/mol. The Labute approximate surface area is 82.8 Å². The van der Waals surface area contributed by atoms with Gasteiger partial charge in [0.25, 0.3) is 6.54 Å². The van der Waals surface area contributed by atoms with Crippen LogP contribution in [0.1, 0.15) is 6.42 Å². The van der Waals surface area contributed by atoms with Gasteiger partial charge >= 0.3 is 0 Å². The summed E-state index contributed by atoms with van der Waals surface area (Å²) < 4.78 is 15.5. The summed E-state index contributed by atoms with van der Waals surface area (Å²) in [6.45, 7) is 6.66. The number of hydrogen-bond donors (Lipinski definition) is 0. The van der Waals surface area contributed by atoms with E-state index in [2.05, 4.69) is 4.85 Å². The van der Waals surface area contributed by atoms with Crippen LogP contribution in [0.3, 0.4) is 0 Å². The Hall–Kier alpha value is -0.960. The van der Waals surface area contributed by atoms with Gasteiger partial charge in [0.05, 0.1) is 0 Å². The fourth-order valence-corrected chi connectivity index (χ4v) is 1.38. The first-order chi connectivity index (χ1) is 6.67. The second-order valence-corrected chi connectivity index (χ2v) is 3.11. The Bertz CT molecular complexity index is 254. The van der Waals surface area contributed by atoms with Crippen molar-refractivity contribution in [1.82, 2.24) is 0 Å². The van der Waals surface area contributed by atoms with Crippen molar-refractivity contribution >= 4 is 5.78 Å². The van der Waals surface area contributed by atoms with Gasteiger partial charge in [0.15, 0.2) is 5.79 Å². The van der Waals surface area contributed by atoms with E-state index in [-0.39, 0.29) is 18.9 Å². The van der Waals surface area contributed by atoms with E-state index < -0.39 is 11.9 Å². The van der Waals surface area contributed by atoms with Gasteiger partial charge in [-0.1, -0.05) is 0 Å². The minimum Gasteiger partial charge on any atom is -0.364 e. The Balaban J connectivity index is 2.56. The third-order valence-electron chi connectivity index (χ3n) is 2.34. The van der Waals surface area contributed by atoms with Crippen molar-refractivity contribution in [3.8, 4) is 0 Å². The topological polar surface area (TPSA) is 49.1 Å². The van der Waals surface area contributed by atoms with Crippen LogP contribution >= 0.6 is 0 Å². The van der Waals surface area contributed by atoms with Crippen LogP contribution in [0.25, 0.3) is 4.85 Å². The molecule has 0 aromatic heterocycles. The van der Waals surface area contributed by atoms with Crippen LogP contribution in [0.4, 0.5) is 0 Å². The molecule has 1 atom stereocenters. The Morgan fingerprint density at radius 3 is 2.71 bits per heavy atom. The molecule has 1 heterocycles. The highest BCUT2D eigenvalue weighted by Gasteiger charge is 2.44. The average Bonchev–Trinajstić information content (AvgIpc) is 2.63. The van der Waals surface area contributed by atoms with Crippen LogP contribution in [0.15, 0.2) is 0 Å². The fraction of sp³-hybridized carbons (Fsp3) is 0.778. The average molecular weight is 199 g/mol. The number of ether oxygens (including phenoxy) is 3. The first kappa shape index (κ1) is 11.1. The van der Waals surface area contributed by atoms with Crippen molar-refractivity contribution in [2.45, 2.75) is 18.3 Å². The molecule has 1 unspecified atom stereocenters. The quantitative estimate of drug-likeness (QED) is 0.481. The third kappa shape index (κ3) is 2.10. The predicted octanol–water partition coefficient (Wildman–Crippen LogP) is 0.253. The molecule has 5 nitrogen and oxygen atoms in total. The summed E-state index contributed by atoms with van der Waals surface area (Å²) in [6.07, 6.45) is -0.210. The van der Waals surface area contributed by atoms with E-state index in [4.69, 9.17) is 20.8 Å². The molecule has 1 aliphatic rings. The minimum atomic E-state index is -0.817. The van der Waals surface area contributed by atoms with Gasteiger partial charge in [-0.15, -0.1) is 0 Å². The summed E-state index contributed by atoms with van der Waals surface area (Å²) in [5.41, 5.74) is 0. The van der Waals surface area contributed by atoms with E-state index in [1.165, 1.54) is 14.2 Å². The summed E-state index contributed by atoms with van der Waals surface area (Å²) in [5, 5.41) is 0. The first-order valence-electron chi connectivity index (χ1n) is 4.25. The zero-order valence-corrected chi connectivity index (χ0v) is 8.28. The number of methoxy groups -OCH3 is 2. The summed E-state index contributed by atoms with van der Waals surface area (Å²) in [5.74, 6) is -1.03. The van der Waals surface area contributed by atoms with Crippen LogP contribution in [-0.2, 0) is 19.0 Å². The Morgan fingerprint density at radius 2 is 2.29 bits per heavy atom. The van der Waals surface area contributed by atoms with Crippen molar-refractivity contribution < 1.29 is 19.0 Å². The molecule has 1 aliphatic heterocycles. The number of carbonyl (C=O) groups excluding carboxylic acids is 1. The number of ketones is 1. The molecule has 0 N–H and O–H groups in total. The summed E-state index contributed by atoms with van der Waals surface area (Å²) in [4.78, 5) is 14.3. The highest BCUT2D eigenvalue weighted by Crippen LogP contribution is 2.28. The maximum atomic E-state index is 11.3. The normalized spacial score (nSPS) is 24.5. The number of Topliss-reactive ketones (excluding diaryl/α,β-unsaturated/α-hetero) is 1. The largest absolute Gasteiger partial charge is 0.364 e. The SMILES string of the molecule is [C-]#[N+]CC(=O)C1CC(OC)(OC)CO1. The molecule has 0 saturated carbocycles. The highest BCUT2D eigenvalue weighted by atomic mass is 16.7. The summed E-state index contributed by atoms with van der Waals surface area (Å²) in [7, 11) is 3.02. The van der Waals surface area contributed by atoms with Crippen molar-refractivity contribution in [3.05, 3.63) is 11.4 Å². The van der Waals surface area contributed by atoms with Crippen LogP contribution < -0.4 is 0 Å². The van der Waals surface area contributed by atoms with Gasteiger partial charge in [-0.2, -0.15) is 0 Å². The van der Waals surface area contributed by atoms with E-state index in [1.807, 2.05) is 0 Å². The van der Waals surface area contributed by atoms with Gasteiger partial charge in [-0.25, -0.2) is 6.57 Å². The molecule has 0 radical (unpaired) electrons. The van der Waals surface area contributed by atoms with Gasteiger partial charge in [0, 0.05) is 20.6 Å². The van der Waals surface area contributed by atoms with Gasteiger partial charge < -0.3 is 19.1 Å². The van der Waals surface area contributed by atoms with Crippen LogP contribution in [-0.4, -0.2) is 45.0 Å². The number of carbonyl (C=O) groups is 1. The summed E-state index contributed by atoms with van der Waals surface area (Å²) in [6, 6.07) is 0. The molecule has 0 spiro atoms. The molecule has 0 aromatic carbocycles. The van der Waals surface area contributed by atoms with E-state index in [0.717, 1.165) is 0 Å². The minimum absolute atomic E-state index is 0.145. The lowest BCUT2D eigenvalue weighted by Gasteiger charge is -2.23. The Morgan fingerprint density at radius 1 is 1.64 bits per heavy atom. The highest BCUT2D eigenvalue weighted by molar-refractivity contribution is 5.86. The lowest BCUT2D eigenvalue weighted by molar-refractivity contribution is -0.202. The van der Waals surface area contributed by atoms with Crippen LogP contribution in [0.2, 0.25) is 0 Å². The first-order valence-corrected chi connectivity index (χ1v) is 4.25. The second-order valence-electron chi connectivity index (χ2n) is 3.11. The molecule has 78 valence electrons. The lowest BCUT2D eigenvalue weighted by atomic mass is 10.1. The second kappa shape index (κ2) is 4.51. The third-order valence-corrected chi connectivity index (χ3v) is 2.34. The van der Waals surface area contributed by atoms with Crippen molar-refractivity contribution in [2.24, 2.45) is 0 Å². The van der Waals surface area contributed by atoms with Crippen LogP contribution in [0.5, 0.6) is 0 Å². The van der Waals surface area contributed by atoms with Gasteiger partial charge in [-0.05, 0) is 0 Å². The maximum Gasteiger partial charge on any atom is 0.274 e. The molecular formula is C9H13NO4. The lowest BCUT2D eigenvalue weighted by Crippen LogP contribution is -2.35. The van der Waals surface area contributed by atoms with E-state index in [1.54, 1.807) is 0 Å². The molecule has 0 bridgehead atoms. The van der Waals surface area contributed by atoms with Crippen molar-refractivity contribution in [3.63, 3.8) is 0 Å². The zero-order chi connectivity index (χ0) is 10.6.